The molecule has 9 nitrogen and oxygen atoms in total. The number of hydrogen-bond acceptors (Lipinski definition) is 7. The number of hydrogen-bond donors (Lipinski definition) is 1. The normalized spacial score (nSPS) is 20.7. The van der Waals surface area contributed by atoms with Crippen molar-refractivity contribution in [1.29, 1.82) is 0 Å². The molecule has 1 aliphatic carbocycles. The summed E-state index contributed by atoms with van der Waals surface area (Å²) in [6.45, 7) is 2.03. The molecule has 1 N–H and O–H groups in total. The van der Waals surface area contributed by atoms with Gasteiger partial charge < -0.3 is 14.2 Å². The fourth-order valence-electron chi connectivity index (χ4n) is 2.29. The van der Waals surface area contributed by atoms with Gasteiger partial charge in [0.1, 0.15) is 12.9 Å². The first-order valence-electron chi connectivity index (χ1n) is 7.30. The molecule has 0 aromatic carbocycles. The van der Waals surface area contributed by atoms with Gasteiger partial charge in [0.05, 0.1) is 18.1 Å². The summed E-state index contributed by atoms with van der Waals surface area (Å²) in [5.74, 6) is 1.59. The summed E-state index contributed by atoms with van der Waals surface area (Å²) in [7, 11) is 1.87. The SMILES string of the molecule is Cc1c(/N=C\N(C=O)Cc2nc(C3CC(O)C3)no2)ncn1C. The van der Waals surface area contributed by atoms with E-state index in [1.165, 1.54) is 11.2 Å². The van der Waals surface area contributed by atoms with Crippen LogP contribution in [0.2, 0.25) is 0 Å². The Hall–Kier alpha value is -2.55. The minimum Gasteiger partial charge on any atom is -0.393 e. The lowest BCUT2D eigenvalue weighted by molar-refractivity contribution is -0.115. The van der Waals surface area contributed by atoms with E-state index < -0.39 is 0 Å². The predicted octanol–water partition coefficient (Wildman–Crippen LogP) is 0.668. The third-order valence-corrected chi connectivity index (χ3v) is 3.95. The Morgan fingerprint density at radius 2 is 2.35 bits per heavy atom. The molecule has 9 heteroatoms. The number of aryl methyl sites for hydroxylation is 1. The van der Waals surface area contributed by atoms with Crippen molar-refractivity contribution in [2.24, 2.45) is 12.0 Å². The third kappa shape index (κ3) is 3.29. The minimum atomic E-state index is -0.276. The molecule has 0 atom stereocenters. The minimum absolute atomic E-state index is 0.136. The van der Waals surface area contributed by atoms with Gasteiger partial charge in [0.2, 0.25) is 12.3 Å². The van der Waals surface area contributed by atoms with Crippen LogP contribution in [0.3, 0.4) is 0 Å². The van der Waals surface area contributed by atoms with E-state index in [4.69, 9.17) is 4.52 Å². The largest absolute Gasteiger partial charge is 0.393 e. The second-order valence-corrected chi connectivity index (χ2v) is 5.66. The molecule has 1 fully saturated rings. The molecule has 2 aromatic rings. The summed E-state index contributed by atoms with van der Waals surface area (Å²) in [6.07, 6.45) is 4.71. The Labute approximate surface area is 132 Å². The van der Waals surface area contributed by atoms with Gasteiger partial charge >= 0.3 is 0 Å². The van der Waals surface area contributed by atoms with Crippen LogP contribution < -0.4 is 0 Å². The highest BCUT2D eigenvalue weighted by Crippen LogP contribution is 2.34. The maximum Gasteiger partial charge on any atom is 0.246 e. The van der Waals surface area contributed by atoms with Crippen LogP contribution in [0, 0.1) is 6.92 Å². The first-order chi connectivity index (χ1) is 11.1. The number of aliphatic hydroxyl groups is 1. The van der Waals surface area contributed by atoms with Crippen molar-refractivity contribution in [3.63, 3.8) is 0 Å². The topological polar surface area (TPSA) is 110 Å². The molecule has 0 radical (unpaired) electrons. The molecular weight excluding hydrogens is 300 g/mol. The highest BCUT2D eigenvalue weighted by atomic mass is 16.5. The summed E-state index contributed by atoms with van der Waals surface area (Å²) in [5.41, 5.74) is 0.899. The molecule has 2 aromatic heterocycles. The van der Waals surface area contributed by atoms with E-state index in [0.29, 0.717) is 36.8 Å². The van der Waals surface area contributed by atoms with Crippen molar-refractivity contribution in [2.45, 2.75) is 38.3 Å². The molecule has 0 aliphatic heterocycles. The number of nitrogens with zero attached hydrogens (tertiary/aromatic N) is 6. The maximum atomic E-state index is 11.2. The lowest BCUT2D eigenvalue weighted by Gasteiger charge is -2.28. The van der Waals surface area contributed by atoms with Crippen LogP contribution >= 0.6 is 0 Å². The first-order valence-corrected chi connectivity index (χ1v) is 7.30. The first kappa shape index (κ1) is 15.3. The number of carbonyl (C=O) groups excluding carboxylic acids is 1. The Morgan fingerprint density at radius 1 is 1.57 bits per heavy atom. The molecule has 1 saturated carbocycles. The fourth-order valence-corrected chi connectivity index (χ4v) is 2.29. The summed E-state index contributed by atoms with van der Waals surface area (Å²) in [5, 5.41) is 13.2. The van der Waals surface area contributed by atoms with Crippen LogP contribution in [0.1, 0.15) is 36.2 Å². The Bertz CT molecular complexity index is 716. The van der Waals surface area contributed by atoms with Crippen LogP contribution in [0.5, 0.6) is 0 Å². The Morgan fingerprint density at radius 3 is 2.96 bits per heavy atom. The average molecular weight is 318 g/mol. The van der Waals surface area contributed by atoms with Gasteiger partial charge in [-0.15, -0.1) is 0 Å². The molecule has 3 rings (SSSR count). The third-order valence-electron chi connectivity index (χ3n) is 3.95. The zero-order chi connectivity index (χ0) is 16.4. The lowest BCUT2D eigenvalue weighted by Crippen LogP contribution is -2.27. The molecule has 23 heavy (non-hydrogen) atoms. The van der Waals surface area contributed by atoms with E-state index in [9.17, 15) is 9.90 Å². The molecule has 0 unspecified atom stereocenters. The van der Waals surface area contributed by atoms with Gasteiger partial charge in [-0.2, -0.15) is 4.98 Å². The zero-order valence-electron chi connectivity index (χ0n) is 13.0. The van der Waals surface area contributed by atoms with Gasteiger partial charge in [0.25, 0.3) is 0 Å². The molecule has 1 aliphatic rings. The second-order valence-electron chi connectivity index (χ2n) is 5.66. The molecule has 0 bridgehead atoms. The van der Waals surface area contributed by atoms with E-state index in [1.807, 2.05) is 18.5 Å². The van der Waals surface area contributed by atoms with Gasteiger partial charge in [-0.25, -0.2) is 9.98 Å². The highest BCUT2D eigenvalue weighted by Gasteiger charge is 2.32. The van der Waals surface area contributed by atoms with E-state index >= 15 is 0 Å². The number of aromatic nitrogens is 4. The molecule has 0 spiro atoms. The van der Waals surface area contributed by atoms with E-state index in [0.717, 1.165) is 5.69 Å². The highest BCUT2D eigenvalue weighted by molar-refractivity contribution is 5.74. The van der Waals surface area contributed by atoms with Crippen LogP contribution in [0.4, 0.5) is 5.82 Å². The van der Waals surface area contributed by atoms with Gasteiger partial charge in [-0.3, -0.25) is 9.69 Å². The Kier molecular flexibility index (Phi) is 4.20. The summed E-state index contributed by atoms with van der Waals surface area (Å²) in [4.78, 5) is 25.0. The van der Waals surface area contributed by atoms with E-state index in [-0.39, 0.29) is 18.6 Å². The van der Waals surface area contributed by atoms with Crippen molar-refractivity contribution in [1.82, 2.24) is 24.6 Å². The number of aliphatic imine (C=N–C) groups is 1. The maximum absolute atomic E-state index is 11.2. The standard InChI is InChI=1S/C14H18N6O3/c1-9-13(15-6-19(9)2)16-7-20(8-21)5-12-17-14(18-23-12)10-3-11(22)4-10/h6-8,10-11,22H,3-5H2,1-2H3/b16-7-. The number of carbonyl (C=O) groups is 1. The van der Waals surface area contributed by atoms with Gasteiger partial charge in [-0.1, -0.05) is 5.16 Å². The molecule has 2 heterocycles. The second kappa shape index (κ2) is 6.29. The van der Waals surface area contributed by atoms with Crippen LogP contribution in [0.15, 0.2) is 15.8 Å². The molecule has 122 valence electrons. The van der Waals surface area contributed by atoms with Crippen molar-refractivity contribution < 1.29 is 14.4 Å². The van der Waals surface area contributed by atoms with E-state index in [1.54, 1.807) is 6.33 Å². The number of amides is 1. The fraction of sp³-hybridized carbons (Fsp3) is 0.500. The number of rotatable bonds is 6. The summed E-state index contributed by atoms with van der Waals surface area (Å²) < 4.78 is 6.99. The monoisotopic (exact) mass is 318 g/mol. The zero-order valence-corrected chi connectivity index (χ0v) is 13.0. The molecule has 1 amide bonds. The number of imidazole rings is 1. The van der Waals surface area contributed by atoms with Crippen LogP contribution in [-0.2, 0) is 18.4 Å². The molecular formula is C14H18N6O3. The van der Waals surface area contributed by atoms with Crippen LogP contribution in [0.25, 0.3) is 0 Å². The van der Waals surface area contributed by atoms with Crippen molar-refractivity contribution in [3.05, 3.63) is 23.7 Å². The Balaban J connectivity index is 1.63. The summed E-state index contributed by atoms with van der Waals surface area (Å²) in [6, 6.07) is 0. The smallest absolute Gasteiger partial charge is 0.246 e. The average Bonchev–Trinajstić information content (AvgIpc) is 3.09. The van der Waals surface area contributed by atoms with Gasteiger partial charge in [-0.05, 0) is 19.8 Å². The summed E-state index contributed by atoms with van der Waals surface area (Å²) >= 11 is 0. The van der Waals surface area contributed by atoms with Crippen molar-refractivity contribution in [3.8, 4) is 0 Å². The van der Waals surface area contributed by atoms with Gasteiger partial charge in [0, 0.05) is 13.0 Å². The lowest BCUT2D eigenvalue weighted by atomic mass is 9.82. The van der Waals surface area contributed by atoms with E-state index in [2.05, 4.69) is 20.1 Å². The molecule has 0 saturated heterocycles. The number of aliphatic hydroxyl groups excluding tert-OH is 1. The quantitative estimate of drug-likeness (QED) is 0.476. The van der Waals surface area contributed by atoms with Crippen LogP contribution in [-0.4, -0.2) is 48.6 Å². The van der Waals surface area contributed by atoms with Gasteiger partial charge in [0.15, 0.2) is 11.6 Å². The van der Waals surface area contributed by atoms with Crippen molar-refractivity contribution in [2.75, 3.05) is 0 Å². The van der Waals surface area contributed by atoms with Crippen molar-refractivity contribution >= 4 is 18.6 Å². The predicted molar refractivity (Wildman–Crippen MR) is 80.0 cm³/mol.